The van der Waals surface area contributed by atoms with E-state index in [2.05, 4.69) is 12.2 Å². The minimum absolute atomic E-state index is 0.337. The Bertz CT molecular complexity index is 164. The SMILES string of the molecule is CCC(CCO)CNCC1CCCCCCC1. The van der Waals surface area contributed by atoms with Crippen molar-refractivity contribution in [2.24, 2.45) is 11.8 Å². The van der Waals surface area contributed by atoms with E-state index in [0.29, 0.717) is 12.5 Å². The second kappa shape index (κ2) is 9.90. The third-order valence-corrected chi connectivity index (χ3v) is 4.21. The first kappa shape index (κ1) is 15.0. The van der Waals surface area contributed by atoms with Crippen LogP contribution in [0, 0.1) is 11.8 Å². The molecule has 1 rings (SSSR count). The quantitative estimate of drug-likeness (QED) is 0.716. The van der Waals surface area contributed by atoms with Gasteiger partial charge in [-0.1, -0.05) is 45.4 Å². The average Bonchev–Trinajstić information content (AvgIpc) is 2.30. The highest BCUT2D eigenvalue weighted by molar-refractivity contribution is 4.68. The fourth-order valence-electron chi connectivity index (χ4n) is 2.87. The van der Waals surface area contributed by atoms with Crippen molar-refractivity contribution in [3.05, 3.63) is 0 Å². The summed E-state index contributed by atoms with van der Waals surface area (Å²) < 4.78 is 0. The lowest BCUT2D eigenvalue weighted by Crippen LogP contribution is -2.29. The summed E-state index contributed by atoms with van der Waals surface area (Å²) in [6.07, 6.45) is 12.2. The van der Waals surface area contributed by atoms with Gasteiger partial charge in [-0.3, -0.25) is 0 Å². The Kier molecular flexibility index (Phi) is 8.72. The Morgan fingerprint density at radius 2 is 1.76 bits per heavy atom. The van der Waals surface area contributed by atoms with E-state index < -0.39 is 0 Å². The summed E-state index contributed by atoms with van der Waals surface area (Å²) in [5, 5.41) is 12.6. The molecule has 102 valence electrons. The molecule has 1 aliphatic rings. The standard InChI is InChI=1S/C15H31NO/c1-2-14(10-11-17)12-16-13-15-8-6-4-3-5-7-9-15/h14-17H,2-13H2,1H3. The highest BCUT2D eigenvalue weighted by Gasteiger charge is 2.12. The highest BCUT2D eigenvalue weighted by atomic mass is 16.3. The van der Waals surface area contributed by atoms with Crippen LogP contribution < -0.4 is 5.32 Å². The van der Waals surface area contributed by atoms with Crippen molar-refractivity contribution in [2.75, 3.05) is 19.7 Å². The van der Waals surface area contributed by atoms with E-state index in [-0.39, 0.29) is 0 Å². The van der Waals surface area contributed by atoms with Crippen molar-refractivity contribution in [2.45, 2.75) is 64.7 Å². The van der Waals surface area contributed by atoms with E-state index in [4.69, 9.17) is 5.11 Å². The monoisotopic (exact) mass is 241 g/mol. The first-order valence-electron chi connectivity index (χ1n) is 7.68. The van der Waals surface area contributed by atoms with E-state index in [1.807, 2.05) is 0 Å². The molecule has 0 bridgehead atoms. The Balaban J connectivity index is 2.10. The Labute approximate surface area is 107 Å². The summed E-state index contributed by atoms with van der Waals surface area (Å²) in [7, 11) is 0. The second-order valence-electron chi connectivity index (χ2n) is 5.66. The van der Waals surface area contributed by atoms with Crippen molar-refractivity contribution in [1.29, 1.82) is 0 Å². The molecule has 17 heavy (non-hydrogen) atoms. The molecule has 2 N–H and O–H groups in total. The van der Waals surface area contributed by atoms with Crippen LogP contribution in [0.25, 0.3) is 0 Å². The minimum atomic E-state index is 0.337. The van der Waals surface area contributed by atoms with E-state index in [1.165, 1.54) is 57.9 Å². The van der Waals surface area contributed by atoms with Gasteiger partial charge in [-0.2, -0.15) is 0 Å². The summed E-state index contributed by atoms with van der Waals surface area (Å²) in [6.45, 7) is 4.84. The third kappa shape index (κ3) is 7.05. The number of nitrogens with one attached hydrogen (secondary N) is 1. The van der Waals surface area contributed by atoms with Gasteiger partial charge in [0, 0.05) is 6.61 Å². The molecule has 1 atom stereocenters. The minimum Gasteiger partial charge on any atom is -0.396 e. The molecule has 2 heteroatoms. The van der Waals surface area contributed by atoms with Crippen molar-refractivity contribution in [3.63, 3.8) is 0 Å². The number of rotatable bonds is 7. The summed E-state index contributed by atoms with van der Waals surface area (Å²) in [5.41, 5.74) is 0. The normalized spacial score (nSPS) is 20.8. The van der Waals surface area contributed by atoms with Crippen molar-refractivity contribution in [3.8, 4) is 0 Å². The maximum atomic E-state index is 8.96. The Morgan fingerprint density at radius 1 is 1.12 bits per heavy atom. The Hall–Kier alpha value is -0.0800. The molecule has 0 aromatic carbocycles. The average molecular weight is 241 g/mol. The molecule has 0 radical (unpaired) electrons. The lowest BCUT2D eigenvalue weighted by Gasteiger charge is -2.21. The van der Waals surface area contributed by atoms with Gasteiger partial charge in [0.2, 0.25) is 0 Å². The molecule has 0 heterocycles. The van der Waals surface area contributed by atoms with Crippen molar-refractivity contribution >= 4 is 0 Å². The van der Waals surface area contributed by atoms with E-state index >= 15 is 0 Å². The van der Waals surface area contributed by atoms with Crippen LogP contribution in [0.4, 0.5) is 0 Å². The fourth-order valence-corrected chi connectivity index (χ4v) is 2.87. The van der Waals surface area contributed by atoms with Crippen LogP contribution in [0.3, 0.4) is 0 Å². The largest absolute Gasteiger partial charge is 0.396 e. The van der Waals surface area contributed by atoms with Crippen LogP contribution in [0.5, 0.6) is 0 Å². The maximum absolute atomic E-state index is 8.96. The van der Waals surface area contributed by atoms with Gasteiger partial charge >= 0.3 is 0 Å². The van der Waals surface area contributed by atoms with Crippen LogP contribution in [0.2, 0.25) is 0 Å². The summed E-state index contributed by atoms with van der Waals surface area (Å²) in [6, 6.07) is 0. The molecule has 1 unspecified atom stereocenters. The molecular formula is C15H31NO. The maximum Gasteiger partial charge on any atom is 0.0434 e. The first-order valence-corrected chi connectivity index (χ1v) is 7.68. The topological polar surface area (TPSA) is 32.3 Å². The van der Waals surface area contributed by atoms with Crippen LogP contribution in [-0.4, -0.2) is 24.8 Å². The highest BCUT2D eigenvalue weighted by Crippen LogP contribution is 2.21. The third-order valence-electron chi connectivity index (χ3n) is 4.21. The van der Waals surface area contributed by atoms with Crippen molar-refractivity contribution in [1.82, 2.24) is 5.32 Å². The molecule has 0 amide bonds. The lowest BCUT2D eigenvalue weighted by molar-refractivity contribution is 0.248. The summed E-state index contributed by atoms with van der Waals surface area (Å²) >= 11 is 0. The molecular weight excluding hydrogens is 210 g/mol. The number of aliphatic hydroxyl groups excluding tert-OH is 1. The lowest BCUT2D eigenvalue weighted by atomic mass is 9.91. The van der Waals surface area contributed by atoms with E-state index in [1.54, 1.807) is 0 Å². The molecule has 0 saturated heterocycles. The zero-order valence-electron chi connectivity index (χ0n) is 11.6. The molecule has 2 nitrogen and oxygen atoms in total. The molecule has 0 spiro atoms. The molecule has 0 aromatic heterocycles. The predicted molar refractivity (Wildman–Crippen MR) is 74.2 cm³/mol. The van der Waals surface area contributed by atoms with Crippen LogP contribution in [-0.2, 0) is 0 Å². The molecule has 1 fully saturated rings. The number of aliphatic hydroxyl groups is 1. The van der Waals surface area contributed by atoms with Gasteiger partial charge in [-0.05, 0) is 44.2 Å². The number of hydrogen-bond acceptors (Lipinski definition) is 2. The smallest absolute Gasteiger partial charge is 0.0434 e. The van der Waals surface area contributed by atoms with Gasteiger partial charge in [-0.25, -0.2) is 0 Å². The molecule has 0 aromatic rings. The Morgan fingerprint density at radius 3 is 2.35 bits per heavy atom. The summed E-state index contributed by atoms with van der Waals surface area (Å²) in [4.78, 5) is 0. The van der Waals surface area contributed by atoms with Gasteiger partial charge < -0.3 is 10.4 Å². The zero-order valence-corrected chi connectivity index (χ0v) is 11.6. The van der Waals surface area contributed by atoms with E-state index in [0.717, 1.165) is 18.9 Å². The van der Waals surface area contributed by atoms with Gasteiger partial charge in [-0.15, -0.1) is 0 Å². The fraction of sp³-hybridized carbons (Fsp3) is 1.00. The second-order valence-corrected chi connectivity index (χ2v) is 5.66. The number of hydrogen-bond donors (Lipinski definition) is 2. The van der Waals surface area contributed by atoms with Crippen molar-refractivity contribution < 1.29 is 5.11 Å². The van der Waals surface area contributed by atoms with Gasteiger partial charge in [0.1, 0.15) is 0 Å². The van der Waals surface area contributed by atoms with Gasteiger partial charge in [0.05, 0.1) is 0 Å². The van der Waals surface area contributed by atoms with Gasteiger partial charge in [0.25, 0.3) is 0 Å². The van der Waals surface area contributed by atoms with Crippen LogP contribution in [0.15, 0.2) is 0 Å². The molecule has 0 aliphatic heterocycles. The van der Waals surface area contributed by atoms with Crippen LogP contribution in [0.1, 0.15) is 64.7 Å². The van der Waals surface area contributed by atoms with E-state index in [9.17, 15) is 0 Å². The van der Waals surface area contributed by atoms with Gasteiger partial charge in [0.15, 0.2) is 0 Å². The first-order chi connectivity index (χ1) is 8.36. The molecule has 1 aliphatic carbocycles. The van der Waals surface area contributed by atoms with Crippen LogP contribution >= 0.6 is 0 Å². The zero-order chi connectivity index (χ0) is 12.3. The summed E-state index contributed by atoms with van der Waals surface area (Å²) in [5.74, 6) is 1.57. The predicted octanol–water partition coefficient (Wildman–Crippen LogP) is 3.35. The molecule has 1 saturated carbocycles.